The van der Waals surface area contributed by atoms with E-state index in [0.717, 1.165) is 44.9 Å². The Kier molecular flexibility index (Phi) is 10.8. The highest BCUT2D eigenvalue weighted by Gasteiger charge is 1.94. The third kappa shape index (κ3) is 12.5. The van der Waals surface area contributed by atoms with Gasteiger partial charge in [-0.15, -0.1) is 0 Å². The van der Waals surface area contributed by atoms with Gasteiger partial charge in [-0.3, -0.25) is 4.79 Å². The van der Waals surface area contributed by atoms with Gasteiger partial charge in [0.1, 0.15) is 0 Å². The van der Waals surface area contributed by atoms with Gasteiger partial charge in [0.2, 0.25) is 5.91 Å². The number of nitrogens with one attached hydrogen (secondary N) is 1. The van der Waals surface area contributed by atoms with E-state index in [9.17, 15) is 9.59 Å². The first-order valence-corrected chi connectivity index (χ1v) is 6.46. The second kappa shape index (κ2) is 11.9. The van der Waals surface area contributed by atoms with Crippen LogP contribution in [-0.2, 0) is 9.59 Å². The van der Waals surface area contributed by atoms with Gasteiger partial charge in [0.15, 0.2) is 0 Å². The van der Waals surface area contributed by atoms with Crippen LogP contribution in [0.4, 0.5) is 0 Å². The Bertz CT molecular complexity index is 285. The summed E-state index contributed by atoms with van der Waals surface area (Å²) in [6.07, 6.45) is 11.6. The lowest BCUT2D eigenvalue weighted by Gasteiger charge is -2.02. The molecule has 0 aliphatic rings. The van der Waals surface area contributed by atoms with Crippen LogP contribution in [-0.4, -0.2) is 23.5 Å². The van der Waals surface area contributed by atoms with Gasteiger partial charge in [-0.2, -0.15) is 0 Å². The first kappa shape index (κ1) is 16.4. The molecule has 0 aromatic heterocycles. The molecule has 0 radical (unpaired) electrons. The summed E-state index contributed by atoms with van der Waals surface area (Å²) in [7, 11) is 0. The molecule has 0 fully saturated rings. The number of carbonyl (C=O) groups excluding carboxylic acids is 1. The fraction of sp³-hybridized carbons (Fsp3) is 0.571. The second-order valence-electron chi connectivity index (χ2n) is 4.15. The number of hydrogen-bond donors (Lipinski definition) is 2. The van der Waals surface area contributed by atoms with Crippen molar-refractivity contribution in [1.82, 2.24) is 5.32 Å². The summed E-state index contributed by atoms with van der Waals surface area (Å²) in [6.45, 7) is 4.10. The molecule has 0 spiro atoms. The molecule has 2 N–H and O–H groups in total. The van der Waals surface area contributed by atoms with Crippen LogP contribution in [0.5, 0.6) is 0 Å². The van der Waals surface area contributed by atoms with E-state index in [4.69, 9.17) is 5.11 Å². The van der Waals surface area contributed by atoms with Crippen LogP contribution in [0.15, 0.2) is 24.8 Å². The molecule has 0 bridgehead atoms. The number of hydrogen-bond acceptors (Lipinski definition) is 2. The summed E-state index contributed by atoms with van der Waals surface area (Å²) in [4.78, 5) is 21.0. The maximum atomic E-state index is 10.8. The standard InChI is InChI=1S/C14H23NO3/c1-2-13(16)15-12-10-8-6-4-3-5-7-9-11-14(17)18/h2,9,11H,1,3-8,10,12H2,(H,15,16)(H,17,18). The molecule has 0 saturated carbocycles. The van der Waals surface area contributed by atoms with Crippen molar-refractivity contribution in [2.75, 3.05) is 6.54 Å². The van der Waals surface area contributed by atoms with Crippen LogP contribution in [0, 0.1) is 0 Å². The highest BCUT2D eigenvalue weighted by molar-refractivity contribution is 5.86. The molecule has 0 heterocycles. The first-order chi connectivity index (χ1) is 8.66. The van der Waals surface area contributed by atoms with E-state index in [2.05, 4.69) is 11.9 Å². The minimum Gasteiger partial charge on any atom is -0.478 e. The van der Waals surface area contributed by atoms with Gasteiger partial charge in [-0.1, -0.05) is 38.3 Å². The number of carboxylic acid groups (broad SMARTS) is 1. The smallest absolute Gasteiger partial charge is 0.327 e. The third-order valence-corrected chi connectivity index (χ3v) is 2.54. The second-order valence-corrected chi connectivity index (χ2v) is 4.15. The van der Waals surface area contributed by atoms with Crippen LogP contribution < -0.4 is 5.32 Å². The van der Waals surface area contributed by atoms with Crippen LogP contribution in [0.1, 0.15) is 44.9 Å². The van der Waals surface area contributed by atoms with Crippen molar-refractivity contribution in [2.45, 2.75) is 44.9 Å². The summed E-state index contributed by atoms with van der Waals surface area (Å²) >= 11 is 0. The van der Waals surface area contributed by atoms with Gasteiger partial charge in [0, 0.05) is 12.6 Å². The molecule has 0 aliphatic carbocycles. The van der Waals surface area contributed by atoms with Crippen LogP contribution in [0.2, 0.25) is 0 Å². The predicted molar refractivity (Wildman–Crippen MR) is 72.3 cm³/mol. The molecule has 0 aromatic carbocycles. The van der Waals surface area contributed by atoms with Gasteiger partial charge >= 0.3 is 5.97 Å². The van der Waals surface area contributed by atoms with E-state index >= 15 is 0 Å². The van der Waals surface area contributed by atoms with Crippen molar-refractivity contribution in [3.63, 3.8) is 0 Å². The minimum atomic E-state index is -0.878. The van der Waals surface area contributed by atoms with E-state index in [1.54, 1.807) is 6.08 Å². The summed E-state index contributed by atoms with van der Waals surface area (Å²) < 4.78 is 0. The Morgan fingerprint density at radius 1 is 1.06 bits per heavy atom. The van der Waals surface area contributed by atoms with Crippen molar-refractivity contribution in [3.8, 4) is 0 Å². The first-order valence-electron chi connectivity index (χ1n) is 6.46. The SMILES string of the molecule is C=CC(=O)NCCCCCCCCC=CC(=O)O. The molecule has 1 amide bonds. The molecule has 0 rings (SSSR count). The molecular weight excluding hydrogens is 230 g/mol. The topological polar surface area (TPSA) is 66.4 Å². The van der Waals surface area contributed by atoms with Crippen molar-refractivity contribution in [3.05, 3.63) is 24.8 Å². The number of aliphatic carboxylic acids is 1. The van der Waals surface area contributed by atoms with Crippen LogP contribution in [0.25, 0.3) is 0 Å². The number of amides is 1. The highest BCUT2D eigenvalue weighted by atomic mass is 16.4. The van der Waals surface area contributed by atoms with Gasteiger partial charge in [-0.05, 0) is 25.3 Å². The Labute approximate surface area is 109 Å². The number of rotatable bonds is 11. The molecular formula is C14H23NO3. The fourth-order valence-electron chi connectivity index (χ4n) is 1.56. The predicted octanol–water partition coefficient (Wildman–Crippen LogP) is 2.66. The number of allylic oxidation sites excluding steroid dienone is 1. The maximum absolute atomic E-state index is 10.8. The van der Waals surface area contributed by atoms with Gasteiger partial charge < -0.3 is 10.4 Å². The minimum absolute atomic E-state index is 0.111. The maximum Gasteiger partial charge on any atom is 0.327 e. The zero-order valence-corrected chi connectivity index (χ0v) is 10.9. The highest BCUT2D eigenvalue weighted by Crippen LogP contribution is 2.07. The number of carbonyl (C=O) groups is 2. The number of unbranched alkanes of at least 4 members (excludes halogenated alkanes) is 6. The summed E-state index contributed by atoms with van der Waals surface area (Å²) in [5.41, 5.74) is 0. The zero-order chi connectivity index (χ0) is 13.6. The van der Waals surface area contributed by atoms with Crippen LogP contribution >= 0.6 is 0 Å². The summed E-state index contributed by atoms with van der Waals surface area (Å²) in [5, 5.41) is 11.1. The third-order valence-electron chi connectivity index (χ3n) is 2.54. The largest absolute Gasteiger partial charge is 0.478 e. The zero-order valence-electron chi connectivity index (χ0n) is 10.9. The molecule has 0 aromatic rings. The molecule has 0 saturated heterocycles. The lowest BCUT2D eigenvalue weighted by atomic mass is 10.1. The number of carboxylic acids is 1. The van der Waals surface area contributed by atoms with E-state index in [0.29, 0.717) is 6.54 Å². The molecule has 102 valence electrons. The molecule has 0 atom stereocenters. The summed E-state index contributed by atoms with van der Waals surface area (Å²) in [6, 6.07) is 0. The Morgan fingerprint density at radius 3 is 2.28 bits per heavy atom. The van der Waals surface area contributed by atoms with Crippen LogP contribution in [0.3, 0.4) is 0 Å². The fourth-order valence-corrected chi connectivity index (χ4v) is 1.56. The van der Waals surface area contributed by atoms with Crippen molar-refractivity contribution in [1.29, 1.82) is 0 Å². The van der Waals surface area contributed by atoms with E-state index < -0.39 is 5.97 Å². The summed E-state index contributed by atoms with van der Waals surface area (Å²) in [5.74, 6) is -0.989. The Morgan fingerprint density at radius 2 is 1.67 bits per heavy atom. The lowest BCUT2D eigenvalue weighted by Crippen LogP contribution is -2.21. The normalized spacial score (nSPS) is 10.4. The van der Waals surface area contributed by atoms with E-state index in [1.807, 2.05) is 0 Å². The molecule has 4 nitrogen and oxygen atoms in total. The van der Waals surface area contributed by atoms with E-state index in [-0.39, 0.29) is 5.91 Å². The van der Waals surface area contributed by atoms with Crippen molar-refractivity contribution < 1.29 is 14.7 Å². The molecule has 0 aliphatic heterocycles. The van der Waals surface area contributed by atoms with E-state index in [1.165, 1.54) is 12.2 Å². The van der Waals surface area contributed by atoms with Gasteiger partial charge in [0.05, 0.1) is 0 Å². The monoisotopic (exact) mass is 253 g/mol. The lowest BCUT2D eigenvalue weighted by molar-refractivity contribution is -0.131. The Balaban J connectivity index is 3.14. The molecule has 4 heteroatoms. The van der Waals surface area contributed by atoms with Crippen molar-refractivity contribution >= 4 is 11.9 Å². The van der Waals surface area contributed by atoms with Crippen molar-refractivity contribution in [2.24, 2.45) is 0 Å². The molecule has 18 heavy (non-hydrogen) atoms. The average Bonchev–Trinajstić information content (AvgIpc) is 2.35. The van der Waals surface area contributed by atoms with Gasteiger partial charge in [-0.25, -0.2) is 4.79 Å². The average molecular weight is 253 g/mol. The Hall–Kier alpha value is -1.58. The van der Waals surface area contributed by atoms with Gasteiger partial charge in [0.25, 0.3) is 0 Å². The molecule has 0 unspecified atom stereocenters. The quantitative estimate of drug-likeness (QED) is 0.439.